The van der Waals surface area contributed by atoms with E-state index in [1.54, 1.807) is 11.3 Å². The number of esters is 1. The second kappa shape index (κ2) is 8.25. The van der Waals surface area contributed by atoms with Gasteiger partial charge >= 0.3 is 5.97 Å². The van der Waals surface area contributed by atoms with Crippen LogP contribution in [0.4, 0.5) is 5.13 Å². The lowest BCUT2D eigenvalue weighted by Crippen LogP contribution is -2.24. The third-order valence-corrected chi connectivity index (χ3v) is 4.23. The smallest absolute Gasteiger partial charge is 0.311 e. The van der Waals surface area contributed by atoms with Crippen LogP contribution >= 0.6 is 11.3 Å². The van der Waals surface area contributed by atoms with Crippen LogP contribution in [0.3, 0.4) is 0 Å². The number of carbonyl (C=O) groups excluding carboxylic acids is 1. The Morgan fingerprint density at radius 2 is 2.00 bits per heavy atom. The number of hydrogen-bond acceptors (Lipinski definition) is 5. The fourth-order valence-electron chi connectivity index (χ4n) is 2.28. The van der Waals surface area contributed by atoms with Crippen LogP contribution < -0.4 is 5.32 Å². The first kappa shape index (κ1) is 17.0. The van der Waals surface area contributed by atoms with Gasteiger partial charge in [-0.2, -0.15) is 0 Å². The molecule has 20 heavy (non-hydrogen) atoms. The largest absolute Gasteiger partial charge is 0.466 e. The molecule has 0 saturated heterocycles. The summed E-state index contributed by atoms with van der Waals surface area (Å²) >= 11 is 1.55. The quantitative estimate of drug-likeness (QED) is 0.745. The van der Waals surface area contributed by atoms with Crippen molar-refractivity contribution in [1.82, 2.24) is 4.98 Å². The van der Waals surface area contributed by atoms with Gasteiger partial charge < -0.3 is 10.1 Å². The summed E-state index contributed by atoms with van der Waals surface area (Å²) in [4.78, 5) is 15.8. The minimum atomic E-state index is -0.216. The minimum absolute atomic E-state index is 0.216. The van der Waals surface area contributed by atoms with Crippen LogP contribution in [-0.4, -0.2) is 24.1 Å². The van der Waals surface area contributed by atoms with Crippen molar-refractivity contribution < 1.29 is 9.53 Å². The molecule has 1 aromatic heterocycles. The van der Waals surface area contributed by atoms with Crippen molar-refractivity contribution in [2.75, 3.05) is 18.5 Å². The van der Waals surface area contributed by atoms with E-state index in [9.17, 15) is 4.79 Å². The Balaban J connectivity index is 2.49. The molecule has 0 fully saturated rings. The van der Waals surface area contributed by atoms with Crippen LogP contribution in [0.15, 0.2) is 5.38 Å². The SMILES string of the molecule is CCOC(=O)Cc1csc(NCC(C(C)C)C(C)C)n1. The highest BCUT2D eigenvalue weighted by atomic mass is 32.1. The van der Waals surface area contributed by atoms with Crippen LogP contribution in [0.25, 0.3) is 0 Å². The predicted molar refractivity (Wildman–Crippen MR) is 84.1 cm³/mol. The van der Waals surface area contributed by atoms with Gasteiger partial charge in [0.2, 0.25) is 0 Å². The summed E-state index contributed by atoms with van der Waals surface area (Å²) in [6.45, 7) is 12.1. The van der Waals surface area contributed by atoms with Crippen molar-refractivity contribution in [3.05, 3.63) is 11.1 Å². The molecule has 0 aliphatic rings. The van der Waals surface area contributed by atoms with Gasteiger partial charge in [-0.15, -0.1) is 11.3 Å². The van der Waals surface area contributed by atoms with E-state index in [1.165, 1.54) is 0 Å². The second-order valence-electron chi connectivity index (χ2n) is 5.66. The van der Waals surface area contributed by atoms with Crippen molar-refractivity contribution in [3.8, 4) is 0 Å². The summed E-state index contributed by atoms with van der Waals surface area (Å²) in [6.07, 6.45) is 0.254. The highest BCUT2D eigenvalue weighted by molar-refractivity contribution is 7.13. The average molecular weight is 298 g/mol. The summed E-state index contributed by atoms with van der Waals surface area (Å²) in [5.74, 6) is 1.68. The van der Waals surface area contributed by atoms with Crippen LogP contribution in [0, 0.1) is 17.8 Å². The first-order chi connectivity index (χ1) is 9.43. The van der Waals surface area contributed by atoms with Crippen LogP contribution in [0.1, 0.15) is 40.3 Å². The van der Waals surface area contributed by atoms with E-state index in [1.807, 2.05) is 12.3 Å². The Hall–Kier alpha value is -1.10. The van der Waals surface area contributed by atoms with Crippen LogP contribution in [0.5, 0.6) is 0 Å². The summed E-state index contributed by atoms with van der Waals surface area (Å²) in [5, 5.41) is 6.19. The number of rotatable bonds is 8. The first-order valence-electron chi connectivity index (χ1n) is 7.27. The first-order valence-corrected chi connectivity index (χ1v) is 8.15. The van der Waals surface area contributed by atoms with Gasteiger partial charge in [0.25, 0.3) is 0 Å². The molecule has 0 amide bonds. The maximum atomic E-state index is 11.4. The van der Waals surface area contributed by atoms with Gasteiger partial charge in [0.05, 0.1) is 18.7 Å². The maximum absolute atomic E-state index is 11.4. The lowest BCUT2D eigenvalue weighted by molar-refractivity contribution is -0.142. The van der Waals surface area contributed by atoms with Gasteiger partial charge in [0.1, 0.15) is 0 Å². The van der Waals surface area contributed by atoms with E-state index >= 15 is 0 Å². The molecule has 0 aliphatic carbocycles. The van der Waals surface area contributed by atoms with E-state index < -0.39 is 0 Å². The Labute approximate surface area is 125 Å². The Bertz CT molecular complexity index is 408. The standard InChI is InChI=1S/C15H26N2O2S/c1-6-19-14(18)7-12-9-20-15(17-12)16-8-13(10(2)3)11(4)5/h9-11,13H,6-8H2,1-5H3,(H,16,17). The molecule has 0 bridgehead atoms. The highest BCUT2D eigenvalue weighted by Crippen LogP contribution is 2.22. The van der Waals surface area contributed by atoms with Gasteiger partial charge in [-0.3, -0.25) is 4.79 Å². The zero-order valence-electron chi connectivity index (χ0n) is 13.1. The van der Waals surface area contributed by atoms with Gasteiger partial charge in [0.15, 0.2) is 5.13 Å². The molecule has 0 spiro atoms. The average Bonchev–Trinajstić information content (AvgIpc) is 2.76. The predicted octanol–water partition coefficient (Wildman–Crippen LogP) is 3.59. The maximum Gasteiger partial charge on any atom is 0.311 e. The number of ether oxygens (including phenoxy) is 1. The van der Waals surface area contributed by atoms with Gasteiger partial charge in [-0.1, -0.05) is 27.7 Å². The summed E-state index contributed by atoms with van der Waals surface area (Å²) < 4.78 is 4.92. The van der Waals surface area contributed by atoms with Gasteiger partial charge in [0, 0.05) is 11.9 Å². The molecule has 1 rings (SSSR count). The van der Waals surface area contributed by atoms with Gasteiger partial charge in [-0.05, 0) is 24.7 Å². The summed E-state index contributed by atoms with van der Waals surface area (Å²) in [5.41, 5.74) is 0.779. The number of nitrogens with one attached hydrogen (secondary N) is 1. The fourth-order valence-corrected chi connectivity index (χ4v) is 3.00. The number of hydrogen-bond donors (Lipinski definition) is 1. The summed E-state index contributed by atoms with van der Waals surface area (Å²) in [7, 11) is 0. The van der Waals surface area contributed by atoms with E-state index in [4.69, 9.17) is 4.74 Å². The lowest BCUT2D eigenvalue weighted by Gasteiger charge is -2.24. The number of thiazole rings is 1. The van der Waals surface area contributed by atoms with Crippen molar-refractivity contribution in [2.24, 2.45) is 17.8 Å². The number of carbonyl (C=O) groups is 1. The number of nitrogens with zero attached hydrogens (tertiary/aromatic N) is 1. The zero-order chi connectivity index (χ0) is 15.1. The Morgan fingerprint density at radius 3 is 2.55 bits per heavy atom. The minimum Gasteiger partial charge on any atom is -0.466 e. The Morgan fingerprint density at radius 1 is 1.35 bits per heavy atom. The lowest BCUT2D eigenvalue weighted by atomic mass is 9.86. The highest BCUT2D eigenvalue weighted by Gasteiger charge is 2.17. The molecular formula is C15H26N2O2S. The molecule has 0 aromatic carbocycles. The normalized spacial score (nSPS) is 11.4. The van der Waals surface area contributed by atoms with Crippen molar-refractivity contribution >= 4 is 22.4 Å². The summed E-state index contributed by atoms with van der Waals surface area (Å²) in [6, 6.07) is 0. The molecule has 1 N–H and O–H groups in total. The molecule has 1 aromatic rings. The molecule has 114 valence electrons. The van der Waals surface area contributed by atoms with E-state index in [2.05, 4.69) is 38.0 Å². The van der Waals surface area contributed by atoms with Crippen molar-refractivity contribution in [1.29, 1.82) is 0 Å². The van der Waals surface area contributed by atoms with Crippen molar-refractivity contribution in [2.45, 2.75) is 41.0 Å². The Kier molecular flexibility index (Phi) is 6.99. The number of aromatic nitrogens is 1. The molecule has 0 saturated carbocycles. The van der Waals surface area contributed by atoms with Crippen LogP contribution in [0.2, 0.25) is 0 Å². The molecule has 0 radical (unpaired) electrons. The molecular weight excluding hydrogens is 272 g/mol. The second-order valence-corrected chi connectivity index (χ2v) is 6.52. The molecule has 0 atom stereocenters. The molecule has 4 nitrogen and oxygen atoms in total. The van der Waals surface area contributed by atoms with E-state index in [-0.39, 0.29) is 12.4 Å². The van der Waals surface area contributed by atoms with E-state index in [0.29, 0.717) is 24.4 Å². The van der Waals surface area contributed by atoms with Crippen molar-refractivity contribution in [3.63, 3.8) is 0 Å². The number of anilines is 1. The van der Waals surface area contributed by atoms with Crippen LogP contribution in [-0.2, 0) is 16.0 Å². The molecule has 1 heterocycles. The molecule has 5 heteroatoms. The third-order valence-electron chi connectivity index (χ3n) is 3.38. The monoisotopic (exact) mass is 298 g/mol. The molecule has 0 aliphatic heterocycles. The zero-order valence-corrected chi connectivity index (χ0v) is 13.9. The molecule has 0 unspecified atom stereocenters. The fraction of sp³-hybridized carbons (Fsp3) is 0.733. The topological polar surface area (TPSA) is 51.2 Å². The van der Waals surface area contributed by atoms with Gasteiger partial charge in [-0.25, -0.2) is 4.98 Å². The van der Waals surface area contributed by atoms with E-state index in [0.717, 1.165) is 17.4 Å². The third kappa shape index (κ3) is 5.49.